The zero-order chi connectivity index (χ0) is 33.4. The minimum Gasteiger partial charge on any atom is -0.350 e. The van der Waals surface area contributed by atoms with Crippen LogP contribution in [0.1, 0.15) is 40.8 Å². The first kappa shape index (κ1) is 34.7. The maximum atomic E-state index is 12.6. The van der Waals surface area contributed by atoms with Crippen LogP contribution in [0.3, 0.4) is 0 Å². The van der Waals surface area contributed by atoms with Crippen molar-refractivity contribution < 1.29 is 19.1 Å². The highest BCUT2D eigenvalue weighted by Gasteiger charge is 2.13. The van der Waals surface area contributed by atoms with E-state index >= 15 is 0 Å². The summed E-state index contributed by atoms with van der Waals surface area (Å²) < 4.78 is 1.95. The number of hydrogen-bond donors (Lipinski definition) is 3. The molecule has 6 nitrogen and oxygen atoms in total. The predicted octanol–water partition coefficient (Wildman–Crippen LogP) is 5.31. The lowest BCUT2D eigenvalue weighted by Gasteiger charge is -2.05. The van der Waals surface area contributed by atoms with E-state index in [9.17, 15) is 9.59 Å². The Balaban J connectivity index is 0.945. The van der Waals surface area contributed by atoms with Crippen LogP contribution >= 0.6 is 21.6 Å². The third-order valence-electron chi connectivity index (χ3n) is 7.53. The first-order valence-electron chi connectivity index (χ1n) is 16.2. The highest BCUT2D eigenvalue weighted by atomic mass is 33.1. The summed E-state index contributed by atoms with van der Waals surface area (Å²) >= 11 is 0. The molecule has 0 atom stereocenters. The zero-order valence-corrected chi connectivity index (χ0v) is 28.7. The number of pyridine rings is 1. The van der Waals surface area contributed by atoms with Crippen molar-refractivity contribution in [1.29, 1.82) is 0 Å². The molecule has 0 radical (unpaired) electrons. The van der Waals surface area contributed by atoms with E-state index in [1.54, 1.807) is 27.7 Å². The Morgan fingerprint density at radius 2 is 1.38 bits per heavy atom. The fourth-order valence-electron chi connectivity index (χ4n) is 4.73. The van der Waals surface area contributed by atoms with Gasteiger partial charge in [-0.25, -0.2) is 4.99 Å². The second-order valence-electron chi connectivity index (χ2n) is 11.3. The van der Waals surface area contributed by atoms with Gasteiger partial charge in [-0.1, -0.05) is 101 Å². The number of nitrogens with one attached hydrogen (secondary N) is 3. The Morgan fingerprint density at radius 1 is 0.771 bits per heavy atom. The minimum atomic E-state index is -0.0650. The second kappa shape index (κ2) is 18.6. The molecule has 2 aromatic carbocycles. The van der Waals surface area contributed by atoms with Gasteiger partial charge in [0.15, 0.2) is 11.9 Å². The molecule has 2 amide bonds. The molecule has 3 N–H and O–H groups in total. The lowest BCUT2D eigenvalue weighted by atomic mass is 10.1. The lowest BCUT2D eigenvalue weighted by Crippen LogP contribution is -2.75. The van der Waals surface area contributed by atoms with Gasteiger partial charge in [0.05, 0.1) is 0 Å². The summed E-state index contributed by atoms with van der Waals surface area (Å²) in [5.41, 5.74) is 9.41. The van der Waals surface area contributed by atoms with Crippen molar-refractivity contribution in [3.63, 3.8) is 0 Å². The topological polar surface area (TPSA) is 76.0 Å². The number of nitrogens with zero attached hydrogens (tertiary/aromatic N) is 1. The van der Waals surface area contributed by atoms with Crippen LogP contribution in [0.5, 0.6) is 0 Å². The molecule has 2 aliphatic rings. The van der Waals surface area contributed by atoms with E-state index in [2.05, 4.69) is 89.0 Å². The van der Waals surface area contributed by atoms with Crippen molar-refractivity contribution in [3.05, 3.63) is 144 Å². The van der Waals surface area contributed by atoms with E-state index in [4.69, 9.17) is 0 Å². The third kappa shape index (κ3) is 12.2. The van der Waals surface area contributed by atoms with Crippen molar-refractivity contribution in [2.75, 3.05) is 31.1 Å². The Morgan fingerprint density at radius 3 is 1.98 bits per heavy atom. The summed E-state index contributed by atoms with van der Waals surface area (Å²) in [4.78, 5) is 28.2. The van der Waals surface area contributed by atoms with Gasteiger partial charge in [-0.2, -0.15) is 4.57 Å². The second-order valence-corrected chi connectivity index (χ2v) is 14.0. The zero-order valence-electron chi connectivity index (χ0n) is 27.1. The average Bonchev–Trinajstić information content (AvgIpc) is 4.04. The Hall–Kier alpha value is -4.66. The van der Waals surface area contributed by atoms with Crippen molar-refractivity contribution in [1.82, 2.24) is 10.6 Å². The molecule has 0 spiro atoms. The lowest BCUT2D eigenvalue weighted by molar-refractivity contribution is -0.686. The monoisotopic (exact) mass is 674 g/mol. The summed E-state index contributed by atoms with van der Waals surface area (Å²) in [6.07, 6.45) is 22.1. The van der Waals surface area contributed by atoms with E-state index in [-0.39, 0.29) is 24.9 Å². The van der Waals surface area contributed by atoms with Gasteiger partial charge in [0.1, 0.15) is 0 Å². The van der Waals surface area contributed by atoms with Crippen LogP contribution in [-0.4, -0.2) is 48.7 Å². The molecular formula is C40H42N4O2S2+2. The molecule has 48 heavy (non-hydrogen) atoms. The molecule has 0 aliphatic heterocycles. The summed E-state index contributed by atoms with van der Waals surface area (Å²) in [5, 5.41) is 5.97. The number of hydrogen-bond acceptors (Lipinski definition) is 4. The number of aromatic nitrogens is 1. The summed E-state index contributed by atoms with van der Waals surface area (Å²) in [7, 11) is 3.37. The van der Waals surface area contributed by atoms with Crippen LogP contribution in [-0.2, 0) is 16.1 Å². The predicted molar refractivity (Wildman–Crippen MR) is 204 cm³/mol. The molecule has 2 aliphatic carbocycles. The SMILES string of the molecule is C=C/C=C\C(/C=C/c1ccc(C2=CC2)cc1)=[NH+]CC(=O)NCCSSCCNC(=O)C[n+]1ccccc1/C=C/c1ccc(C2=CC2)cc1. The highest BCUT2D eigenvalue weighted by Crippen LogP contribution is 2.31. The molecule has 1 aromatic heterocycles. The molecule has 0 saturated carbocycles. The van der Waals surface area contributed by atoms with Crippen LogP contribution in [0.15, 0.2) is 116 Å². The molecule has 3 aromatic rings. The molecule has 8 heteroatoms. The van der Waals surface area contributed by atoms with E-state index in [1.807, 2.05) is 59.3 Å². The van der Waals surface area contributed by atoms with Gasteiger partial charge in [0.2, 0.25) is 18.8 Å². The van der Waals surface area contributed by atoms with Crippen LogP contribution in [0.2, 0.25) is 0 Å². The number of carbonyl (C=O) groups is 2. The Kier molecular flexibility index (Phi) is 13.4. The van der Waals surface area contributed by atoms with Crippen molar-refractivity contribution in [2.45, 2.75) is 19.4 Å². The molecule has 244 valence electrons. The van der Waals surface area contributed by atoms with Crippen LogP contribution in [0, 0.1) is 0 Å². The van der Waals surface area contributed by atoms with Crippen molar-refractivity contribution in [2.24, 2.45) is 0 Å². The average molecular weight is 675 g/mol. The quantitative estimate of drug-likeness (QED) is 0.0530. The standard InChI is InChI=1S/C40H40N4O2S2/c1-2-3-6-37(22-12-31-8-14-33(15-9-31)35-18-19-35)43-29-39(45)41-24-27-47-48-28-25-42-40(46)30-44-26-5-4-7-38(44)23-13-32-10-16-34(17-11-32)36-20-21-36/h2-18,20,22-23,26H,1,19,21,24-25,27-30H2,(H-,41,42,45,46)/p+2/b6-3-,22-12+,23-13+,43-37?. The first-order valence-corrected chi connectivity index (χ1v) is 18.7. The minimum absolute atomic E-state index is 0.0217. The number of rotatable bonds is 19. The van der Waals surface area contributed by atoms with Crippen LogP contribution < -0.4 is 20.2 Å². The highest BCUT2D eigenvalue weighted by molar-refractivity contribution is 8.76. The number of benzene rings is 2. The van der Waals surface area contributed by atoms with Crippen LogP contribution in [0.4, 0.5) is 0 Å². The third-order valence-corrected chi connectivity index (χ3v) is 9.94. The van der Waals surface area contributed by atoms with Gasteiger partial charge in [-0.15, -0.1) is 0 Å². The molecule has 0 saturated heterocycles. The maximum absolute atomic E-state index is 12.6. The molecule has 0 unspecified atom stereocenters. The van der Waals surface area contributed by atoms with Gasteiger partial charge in [0.25, 0.3) is 11.8 Å². The smallest absolute Gasteiger partial charge is 0.286 e. The molecule has 1 heterocycles. The largest absolute Gasteiger partial charge is 0.350 e. The van der Waals surface area contributed by atoms with E-state index in [0.29, 0.717) is 13.1 Å². The number of carbonyl (C=O) groups excluding carboxylic acids is 2. The molecule has 0 fully saturated rings. The number of allylic oxidation sites excluding steroid dienone is 8. The van der Waals surface area contributed by atoms with Crippen molar-refractivity contribution in [3.8, 4) is 0 Å². The van der Waals surface area contributed by atoms with Gasteiger partial charge in [-0.3, -0.25) is 9.59 Å². The number of amides is 2. The van der Waals surface area contributed by atoms with E-state index < -0.39 is 0 Å². The summed E-state index contributed by atoms with van der Waals surface area (Å²) in [5.74, 6) is 1.47. The normalized spacial score (nSPS) is 13.9. The maximum Gasteiger partial charge on any atom is 0.286 e. The van der Waals surface area contributed by atoms with Crippen molar-refractivity contribution >= 4 is 68.5 Å². The Bertz CT molecular complexity index is 1770. The van der Waals surface area contributed by atoms with E-state index in [0.717, 1.165) is 46.9 Å². The Labute approximate surface area is 291 Å². The molecular weight excluding hydrogens is 633 g/mol. The first-order chi connectivity index (χ1) is 23.6. The fourth-order valence-corrected chi connectivity index (χ4v) is 6.54. The van der Waals surface area contributed by atoms with Crippen LogP contribution in [0.25, 0.3) is 29.4 Å². The summed E-state index contributed by atoms with van der Waals surface area (Å²) in [6, 6.07) is 23.0. The summed E-state index contributed by atoms with van der Waals surface area (Å²) in [6.45, 7) is 5.34. The van der Waals surface area contributed by atoms with Gasteiger partial charge in [-0.05, 0) is 64.5 Å². The molecule has 0 bridgehead atoms. The van der Waals surface area contributed by atoms with Gasteiger partial charge in [0, 0.05) is 55.0 Å². The fraction of sp³-hybridized carbons (Fsp3) is 0.200. The van der Waals surface area contributed by atoms with Gasteiger partial charge < -0.3 is 10.6 Å². The molecule has 5 rings (SSSR count). The van der Waals surface area contributed by atoms with Gasteiger partial charge >= 0.3 is 0 Å². The van der Waals surface area contributed by atoms with E-state index in [1.165, 1.54) is 22.3 Å².